The molecule has 1 unspecified atom stereocenters. The molecule has 0 spiro atoms. The van der Waals surface area contributed by atoms with Crippen LogP contribution in [0.25, 0.3) is 0 Å². The van der Waals surface area contributed by atoms with Crippen molar-refractivity contribution in [2.45, 2.75) is 32.3 Å². The fourth-order valence-electron chi connectivity index (χ4n) is 3.30. The smallest absolute Gasteiger partial charge is 0.147 e. The lowest BCUT2D eigenvalue weighted by Gasteiger charge is -2.20. The number of anilines is 1. The van der Waals surface area contributed by atoms with Crippen LogP contribution in [0.5, 0.6) is 5.75 Å². The number of halogens is 1. The highest BCUT2D eigenvalue weighted by atomic mass is 35.5. The van der Waals surface area contributed by atoms with Gasteiger partial charge in [0.05, 0.1) is 5.69 Å². The van der Waals surface area contributed by atoms with Gasteiger partial charge in [-0.05, 0) is 67.2 Å². The third-order valence-corrected chi connectivity index (χ3v) is 4.67. The second kappa shape index (κ2) is 5.36. The maximum absolute atomic E-state index is 6.41. The molecule has 1 heterocycles. The van der Waals surface area contributed by atoms with E-state index in [1.807, 2.05) is 12.1 Å². The molecule has 1 aliphatic heterocycles. The minimum Gasteiger partial charge on any atom is -0.479 e. The standard InChI is InChI=1S/C19H18ClNO/c1-12-5-10-17-18(11-12)22-19(13-6-8-14(20)9-7-13)15-3-2-4-16(15)21-17/h5-11,19,21H,2-4H2,1H3. The van der Waals surface area contributed by atoms with Gasteiger partial charge < -0.3 is 10.1 Å². The van der Waals surface area contributed by atoms with Gasteiger partial charge in [-0.25, -0.2) is 0 Å². The zero-order valence-corrected chi connectivity index (χ0v) is 13.3. The average molecular weight is 312 g/mol. The van der Waals surface area contributed by atoms with Crippen molar-refractivity contribution in [1.82, 2.24) is 0 Å². The fraction of sp³-hybridized carbons (Fsp3) is 0.263. The Morgan fingerprint density at radius 2 is 1.91 bits per heavy atom. The summed E-state index contributed by atoms with van der Waals surface area (Å²) < 4.78 is 6.41. The number of rotatable bonds is 1. The molecular formula is C19H18ClNO. The first-order chi connectivity index (χ1) is 10.7. The lowest BCUT2D eigenvalue weighted by Crippen LogP contribution is -2.10. The summed E-state index contributed by atoms with van der Waals surface area (Å²) in [7, 11) is 0. The number of fused-ring (bicyclic) bond motifs is 1. The van der Waals surface area contributed by atoms with Crippen LogP contribution in [0.2, 0.25) is 5.02 Å². The SMILES string of the molecule is Cc1ccc2c(c1)OC(c1ccc(Cl)cc1)C1=C(CCC1)N2. The van der Waals surface area contributed by atoms with Gasteiger partial charge in [-0.3, -0.25) is 0 Å². The van der Waals surface area contributed by atoms with Gasteiger partial charge in [-0.15, -0.1) is 0 Å². The molecule has 22 heavy (non-hydrogen) atoms. The molecule has 0 bridgehead atoms. The van der Waals surface area contributed by atoms with Crippen LogP contribution in [-0.4, -0.2) is 0 Å². The van der Waals surface area contributed by atoms with E-state index in [0.717, 1.165) is 34.9 Å². The first kappa shape index (κ1) is 13.7. The summed E-state index contributed by atoms with van der Waals surface area (Å²) in [5, 5.41) is 4.35. The lowest BCUT2D eigenvalue weighted by atomic mass is 10.00. The first-order valence-electron chi connectivity index (χ1n) is 7.72. The number of hydrogen-bond donors (Lipinski definition) is 1. The summed E-state index contributed by atoms with van der Waals surface area (Å²) in [4.78, 5) is 0. The van der Waals surface area contributed by atoms with Gasteiger partial charge in [0.25, 0.3) is 0 Å². The Kier molecular flexibility index (Phi) is 3.34. The van der Waals surface area contributed by atoms with E-state index in [1.54, 1.807) is 0 Å². The second-order valence-corrected chi connectivity index (χ2v) is 6.47. The normalized spacial score (nSPS) is 19.8. The molecule has 0 radical (unpaired) electrons. The van der Waals surface area contributed by atoms with Crippen LogP contribution >= 0.6 is 11.6 Å². The molecule has 2 aromatic carbocycles. The Morgan fingerprint density at radius 1 is 1.09 bits per heavy atom. The summed E-state index contributed by atoms with van der Waals surface area (Å²) >= 11 is 6.03. The molecule has 1 N–H and O–H groups in total. The molecule has 112 valence electrons. The first-order valence-corrected chi connectivity index (χ1v) is 8.10. The van der Waals surface area contributed by atoms with Crippen molar-refractivity contribution >= 4 is 17.3 Å². The Bertz CT molecular complexity index is 749. The van der Waals surface area contributed by atoms with Crippen LogP contribution in [0.3, 0.4) is 0 Å². The molecular weight excluding hydrogens is 294 g/mol. The summed E-state index contributed by atoms with van der Waals surface area (Å²) in [5.41, 5.74) is 6.13. The number of allylic oxidation sites excluding steroid dienone is 1. The maximum Gasteiger partial charge on any atom is 0.147 e. The van der Waals surface area contributed by atoms with E-state index in [1.165, 1.54) is 23.3 Å². The van der Waals surface area contributed by atoms with Gasteiger partial charge in [-0.2, -0.15) is 0 Å². The van der Waals surface area contributed by atoms with Crippen molar-refractivity contribution in [3.05, 3.63) is 69.9 Å². The molecule has 4 rings (SSSR count). The van der Waals surface area contributed by atoms with E-state index in [-0.39, 0.29) is 6.10 Å². The largest absolute Gasteiger partial charge is 0.479 e. The number of benzene rings is 2. The molecule has 2 nitrogen and oxygen atoms in total. The van der Waals surface area contributed by atoms with Gasteiger partial charge in [0.2, 0.25) is 0 Å². The molecule has 1 aliphatic carbocycles. The van der Waals surface area contributed by atoms with Crippen LogP contribution in [0.1, 0.15) is 36.5 Å². The minimum absolute atomic E-state index is 0.0229. The Morgan fingerprint density at radius 3 is 2.73 bits per heavy atom. The summed E-state index contributed by atoms with van der Waals surface area (Å²) in [6.07, 6.45) is 3.34. The highest BCUT2D eigenvalue weighted by Gasteiger charge is 2.29. The van der Waals surface area contributed by atoms with Crippen molar-refractivity contribution in [2.75, 3.05) is 5.32 Å². The number of aryl methyl sites for hydroxylation is 1. The number of nitrogens with one attached hydrogen (secondary N) is 1. The van der Waals surface area contributed by atoms with Crippen LogP contribution in [0.15, 0.2) is 53.7 Å². The zero-order chi connectivity index (χ0) is 15.1. The van der Waals surface area contributed by atoms with E-state index in [4.69, 9.17) is 16.3 Å². The van der Waals surface area contributed by atoms with Gasteiger partial charge in [0, 0.05) is 10.7 Å². The van der Waals surface area contributed by atoms with Gasteiger partial charge in [-0.1, -0.05) is 29.8 Å². The molecule has 2 aromatic rings. The van der Waals surface area contributed by atoms with E-state index < -0.39 is 0 Å². The quantitative estimate of drug-likeness (QED) is 0.736. The van der Waals surface area contributed by atoms with E-state index >= 15 is 0 Å². The van der Waals surface area contributed by atoms with E-state index in [9.17, 15) is 0 Å². The molecule has 0 fully saturated rings. The van der Waals surface area contributed by atoms with Crippen molar-refractivity contribution in [2.24, 2.45) is 0 Å². The van der Waals surface area contributed by atoms with Crippen molar-refractivity contribution in [3.8, 4) is 5.75 Å². The topological polar surface area (TPSA) is 21.3 Å². The van der Waals surface area contributed by atoms with Crippen LogP contribution in [-0.2, 0) is 0 Å². The molecule has 0 saturated carbocycles. The van der Waals surface area contributed by atoms with Crippen molar-refractivity contribution in [1.29, 1.82) is 0 Å². The average Bonchev–Trinajstić information content (AvgIpc) is 2.91. The molecule has 2 aliphatic rings. The van der Waals surface area contributed by atoms with Crippen LogP contribution in [0.4, 0.5) is 5.69 Å². The van der Waals surface area contributed by atoms with Crippen LogP contribution in [0, 0.1) is 6.92 Å². The Labute approximate surface area is 135 Å². The highest BCUT2D eigenvalue weighted by Crippen LogP contribution is 2.44. The van der Waals surface area contributed by atoms with Gasteiger partial charge >= 0.3 is 0 Å². The van der Waals surface area contributed by atoms with E-state index in [0.29, 0.717) is 0 Å². The zero-order valence-electron chi connectivity index (χ0n) is 12.5. The molecule has 0 saturated heterocycles. The van der Waals surface area contributed by atoms with Crippen molar-refractivity contribution in [3.63, 3.8) is 0 Å². The van der Waals surface area contributed by atoms with Crippen LogP contribution < -0.4 is 10.1 Å². The lowest BCUT2D eigenvalue weighted by molar-refractivity contribution is 0.242. The van der Waals surface area contributed by atoms with Crippen molar-refractivity contribution < 1.29 is 4.74 Å². The molecule has 0 amide bonds. The third kappa shape index (κ3) is 2.38. The molecule has 1 atom stereocenters. The Balaban J connectivity index is 1.81. The maximum atomic E-state index is 6.41. The van der Waals surface area contributed by atoms with E-state index in [2.05, 4.69) is 42.6 Å². The minimum atomic E-state index is -0.0229. The highest BCUT2D eigenvalue weighted by molar-refractivity contribution is 6.30. The predicted molar refractivity (Wildman–Crippen MR) is 90.5 cm³/mol. The molecule has 0 aromatic heterocycles. The number of ether oxygens (including phenoxy) is 1. The summed E-state index contributed by atoms with van der Waals surface area (Å²) in [5.74, 6) is 0.925. The number of hydrogen-bond acceptors (Lipinski definition) is 2. The Hall–Kier alpha value is -1.93. The predicted octanol–water partition coefficient (Wildman–Crippen LogP) is 5.63. The second-order valence-electron chi connectivity index (χ2n) is 6.03. The third-order valence-electron chi connectivity index (χ3n) is 4.42. The monoisotopic (exact) mass is 311 g/mol. The fourth-order valence-corrected chi connectivity index (χ4v) is 3.42. The summed E-state index contributed by atoms with van der Waals surface area (Å²) in [6.45, 7) is 2.09. The molecule has 3 heteroatoms. The summed E-state index contributed by atoms with van der Waals surface area (Å²) in [6, 6.07) is 14.3. The van der Waals surface area contributed by atoms with Gasteiger partial charge in [0.1, 0.15) is 11.9 Å². The van der Waals surface area contributed by atoms with Gasteiger partial charge in [0.15, 0.2) is 0 Å².